The van der Waals surface area contributed by atoms with Crippen LogP contribution in [0.25, 0.3) is 11.1 Å². The Morgan fingerprint density at radius 3 is 2.38 bits per heavy atom. The molecule has 2 aromatic carbocycles. The van der Waals surface area contributed by atoms with E-state index in [0.29, 0.717) is 6.54 Å². The van der Waals surface area contributed by atoms with Gasteiger partial charge in [-0.05, 0) is 36.1 Å². The lowest BCUT2D eigenvalue weighted by Gasteiger charge is -2.21. The van der Waals surface area contributed by atoms with Gasteiger partial charge in [0.25, 0.3) is 0 Å². The standard InChI is InChI=1S/C18H19NO2/c20-18(21)17-7-4-12-19(17)13-14-8-10-16(11-9-14)15-5-2-1-3-6-15/h1-3,5-6,8-11,17H,4,7,12-13H2,(H,20,21)/t17-/m1/s1. The molecule has 0 spiro atoms. The maximum absolute atomic E-state index is 11.2. The molecule has 3 rings (SSSR count). The molecule has 0 aromatic heterocycles. The summed E-state index contributed by atoms with van der Waals surface area (Å²) in [6.07, 6.45) is 1.73. The van der Waals surface area contributed by atoms with Crippen LogP contribution < -0.4 is 0 Å². The summed E-state index contributed by atoms with van der Waals surface area (Å²) >= 11 is 0. The van der Waals surface area contributed by atoms with Crippen molar-refractivity contribution in [2.75, 3.05) is 6.54 Å². The van der Waals surface area contributed by atoms with Crippen molar-refractivity contribution in [2.24, 2.45) is 0 Å². The normalized spacial score (nSPS) is 18.8. The first-order chi connectivity index (χ1) is 10.2. The fourth-order valence-electron chi connectivity index (χ4n) is 2.96. The highest BCUT2D eigenvalue weighted by Gasteiger charge is 2.30. The molecule has 0 radical (unpaired) electrons. The van der Waals surface area contributed by atoms with E-state index in [0.717, 1.165) is 19.4 Å². The van der Waals surface area contributed by atoms with Crippen LogP contribution in [0.5, 0.6) is 0 Å². The van der Waals surface area contributed by atoms with E-state index < -0.39 is 5.97 Å². The molecule has 0 saturated carbocycles. The van der Waals surface area contributed by atoms with Gasteiger partial charge in [0.1, 0.15) is 6.04 Å². The fraction of sp³-hybridized carbons (Fsp3) is 0.278. The van der Waals surface area contributed by atoms with Gasteiger partial charge in [-0.25, -0.2) is 0 Å². The minimum absolute atomic E-state index is 0.321. The molecule has 2 aromatic rings. The minimum atomic E-state index is -0.701. The fourth-order valence-corrected chi connectivity index (χ4v) is 2.96. The summed E-state index contributed by atoms with van der Waals surface area (Å²) in [6.45, 7) is 1.59. The van der Waals surface area contributed by atoms with E-state index in [4.69, 9.17) is 0 Å². The Kier molecular flexibility index (Phi) is 4.02. The van der Waals surface area contributed by atoms with Gasteiger partial charge in [-0.3, -0.25) is 9.69 Å². The molecular formula is C18H19NO2. The van der Waals surface area contributed by atoms with Crippen molar-refractivity contribution in [3.63, 3.8) is 0 Å². The summed E-state index contributed by atoms with van der Waals surface area (Å²) in [5, 5.41) is 9.21. The van der Waals surface area contributed by atoms with Crippen LogP contribution in [0, 0.1) is 0 Å². The molecule has 1 atom stereocenters. The van der Waals surface area contributed by atoms with E-state index in [9.17, 15) is 9.90 Å². The molecule has 0 bridgehead atoms. The van der Waals surface area contributed by atoms with Gasteiger partial charge in [-0.2, -0.15) is 0 Å². The van der Waals surface area contributed by atoms with Crippen molar-refractivity contribution in [3.8, 4) is 11.1 Å². The lowest BCUT2D eigenvalue weighted by atomic mass is 10.0. The Morgan fingerprint density at radius 2 is 1.71 bits per heavy atom. The first kappa shape index (κ1) is 13.8. The van der Waals surface area contributed by atoms with E-state index >= 15 is 0 Å². The smallest absolute Gasteiger partial charge is 0.320 e. The number of aliphatic carboxylic acids is 1. The van der Waals surface area contributed by atoms with Crippen LogP contribution in [0.4, 0.5) is 0 Å². The number of hydrogen-bond acceptors (Lipinski definition) is 2. The number of carboxylic acids is 1. The highest BCUT2D eigenvalue weighted by atomic mass is 16.4. The molecule has 1 aliphatic rings. The molecule has 1 aliphatic heterocycles. The number of carboxylic acid groups (broad SMARTS) is 1. The average molecular weight is 281 g/mol. The van der Waals surface area contributed by atoms with Crippen molar-refractivity contribution < 1.29 is 9.90 Å². The second kappa shape index (κ2) is 6.10. The highest BCUT2D eigenvalue weighted by molar-refractivity contribution is 5.73. The molecule has 1 saturated heterocycles. The maximum Gasteiger partial charge on any atom is 0.320 e. The molecule has 3 heteroatoms. The number of rotatable bonds is 4. The number of likely N-dealkylation sites (tertiary alicyclic amines) is 1. The highest BCUT2D eigenvalue weighted by Crippen LogP contribution is 2.23. The van der Waals surface area contributed by atoms with E-state index in [-0.39, 0.29) is 6.04 Å². The Morgan fingerprint density at radius 1 is 1.05 bits per heavy atom. The van der Waals surface area contributed by atoms with Crippen LogP contribution >= 0.6 is 0 Å². The molecule has 1 N–H and O–H groups in total. The number of carbonyl (C=O) groups is 1. The maximum atomic E-state index is 11.2. The van der Waals surface area contributed by atoms with Crippen LogP contribution in [0.3, 0.4) is 0 Å². The van der Waals surface area contributed by atoms with Crippen LogP contribution in [0.2, 0.25) is 0 Å². The second-order valence-corrected chi connectivity index (χ2v) is 5.53. The van der Waals surface area contributed by atoms with Gasteiger partial charge in [0.2, 0.25) is 0 Å². The molecule has 108 valence electrons. The van der Waals surface area contributed by atoms with Gasteiger partial charge in [0.15, 0.2) is 0 Å². The lowest BCUT2D eigenvalue weighted by Crippen LogP contribution is -2.35. The van der Waals surface area contributed by atoms with E-state index in [1.54, 1.807) is 0 Å². The predicted octanol–water partition coefficient (Wildman–Crippen LogP) is 3.40. The van der Waals surface area contributed by atoms with E-state index in [2.05, 4.69) is 41.3 Å². The molecule has 21 heavy (non-hydrogen) atoms. The van der Waals surface area contributed by atoms with Gasteiger partial charge in [0, 0.05) is 6.54 Å². The second-order valence-electron chi connectivity index (χ2n) is 5.53. The van der Waals surface area contributed by atoms with Crippen LogP contribution in [0.1, 0.15) is 18.4 Å². The number of benzene rings is 2. The van der Waals surface area contributed by atoms with Crippen molar-refractivity contribution in [1.29, 1.82) is 0 Å². The molecule has 0 aliphatic carbocycles. The van der Waals surface area contributed by atoms with Crippen LogP contribution in [0.15, 0.2) is 54.6 Å². The summed E-state index contributed by atoms with van der Waals surface area (Å²) in [4.78, 5) is 13.3. The van der Waals surface area contributed by atoms with Crippen molar-refractivity contribution in [3.05, 3.63) is 60.2 Å². The van der Waals surface area contributed by atoms with Crippen molar-refractivity contribution in [2.45, 2.75) is 25.4 Å². The van der Waals surface area contributed by atoms with Crippen LogP contribution in [-0.2, 0) is 11.3 Å². The quantitative estimate of drug-likeness (QED) is 0.933. The Hall–Kier alpha value is -2.13. The summed E-state index contributed by atoms with van der Waals surface area (Å²) in [7, 11) is 0. The van der Waals surface area contributed by atoms with Crippen molar-refractivity contribution >= 4 is 5.97 Å². The Bertz CT molecular complexity index is 607. The molecule has 0 amide bonds. The third-order valence-electron chi connectivity index (χ3n) is 4.10. The SMILES string of the molecule is O=C(O)[C@H]1CCCN1Cc1ccc(-c2ccccc2)cc1. The number of hydrogen-bond donors (Lipinski definition) is 1. The van der Waals surface area contributed by atoms with Gasteiger partial charge >= 0.3 is 5.97 Å². The molecule has 0 unspecified atom stereocenters. The Labute approximate surface area is 124 Å². The van der Waals surface area contributed by atoms with Gasteiger partial charge in [-0.1, -0.05) is 54.6 Å². The summed E-state index contributed by atoms with van der Waals surface area (Å²) in [5.41, 5.74) is 3.56. The summed E-state index contributed by atoms with van der Waals surface area (Å²) in [5.74, 6) is -0.701. The largest absolute Gasteiger partial charge is 0.480 e. The molecule has 3 nitrogen and oxygen atoms in total. The summed E-state index contributed by atoms with van der Waals surface area (Å²) < 4.78 is 0. The number of nitrogens with zero attached hydrogens (tertiary/aromatic N) is 1. The van der Waals surface area contributed by atoms with E-state index in [1.165, 1.54) is 16.7 Å². The zero-order valence-electron chi connectivity index (χ0n) is 11.9. The zero-order chi connectivity index (χ0) is 14.7. The van der Waals surface area contributed by atoms with E-state index in [1.807, 2.05) is 18.2 Å². The molecule has 1 heterocycles. The first-order valence-electron chi connectivity index (χ1n) is 7.35. The first-order valence-corrected chi connectivity index (χ1v) is 7.35. The lowest BCUT2D eigenvalue weighted by molar-refractivity contribution is -0.142. The Balaban J connectivity index is 1.72. The van der Waals surface area contributed by atoms with Gasteiger partial charge < -0.3 is 5.11 Å². The zero-order valence-corrected chi connectivity index (χ0v) is 11.9. The third kappa shape index (κ3) is 3.14. The molecular weight excluding hydrogens is 262 g/mol. The van der Waals surface area contributed by atoms with Crippen molar-refractivity contribution in [1.82, 2.24) is 4.90 Å². The molecule has 1 fully saturated rings. The third-order valence-corrected chi connectivity index (χ3v) is 4.10. The predicted molar refractivity (Wildman–Crippen MR) is 82.9 cm³/mol. The average Bonchev–Trinajstić information content (AvgIpc) is 2.97. The van der Waals surface area contributed by atoms with Gasteiger partial charge in [-0.15, -0.1) is 0 Å². The summed E-state index contributed by atoms with van der Waals surface area (Å²) in [6, 6.07) is 18.4. The minimum Gasteiger partial charge on any atom is -0.480 e. The topological polar surface area (TPSA) is 40.5 Å². The monoisotopic (exact) mass is 281 g/mol. The van der Waals surface area contributed by atoms with Crippen LogP contribution in [-0.4, -0.2) is 28.6 Å². The van der Waals surface area contributed by atoms with Gasteiger partial charge in [0.05, 0.1) is 0 Å².